The molecule has 0 bridgehead atoms. The summed E-state index contributed by atoms with van der Waals surface area (Å²) in [6.07, 6.45) is 0.182. The summed E-state index contributed by atoms with van der Waals surface area (Å²) in [5.74, 6) is 0.419. The van der Waals surface area contributed by atoms with Crippen LogP contribution in [-0.4, -0.2) is 39.6 Å². The lowest BCUT2D eigenvalue weighted by Gasteiger charge is -2.13. The fraction of sp³-hybridized carbons (Fsp3) is 0.600. The first-order valence-electron chi connectivity index (χ1n) is 6.86. The second kappa shape index (κ2) is 9.69. The predicted molar refractivity (Wildman–Crippen MR) is 76.6 cm³/mol. The SMILES string of the molecule is COCCNCc1cc(F)ccc1OCCOC(C)C. The maximum atomic E-state index is 13.3. The molecule has 1 aromatic carbocycles. The van der Waals surface area contributed by atoms with Crippen molar-refractivity contribution in [1.82, 2.24) is 5.32 Å². The molecule has 0 aliphatic carbocycles. The van der Waals surface area contributed by atoms with Crippen molar-refractivity contribution in [1.29, 1.82) is 0 Å². The zero-order chi connectivity index (χ0) is 14.8. The van der Waals surface area contributed by atoms with Gasteiger partial charge in [-0.1, -0.05) is 0 Å². The van der Waals surface area contributed by atoms with Crippen LogP contribution in [0, 0.1) is 5.82 Å². The second-order valence-corrected chi connectivity index (χ2v) is 4.69. The molecule has 0 saturated carbocycles. The van der Waals surface area contributed by atoms with Crippen LogP contribution < -0.4 is 10.1 Å². The maximum absolute atomic E-state index is 13.3. The van der Waals surface area contributed by atoms with Gasteiger partial charge in [-0.15, -0.1) is 0 Å². The van der Waals surface area contributed by atoms with E-state index in [1.54, 1.807) is 13.2 Å². The Morgan fingerprint density at radius 2 is 2.00 bits per heavy atom. The summed E-state index contributed by atoms with van der Waals surface area (Å²) in [6, 6.07) is 4.54. The van der Waals surface area contributed by atoms with E-state index in [0.29, 0.717) is 38.7 Å². The summed E-state index contributed by atoms with van der Waals surface area (Å²) in [7, 11) is 1.65. The number of nitrogens with one attached hydrogen (secondary N) is 1. The van der Waals surface area contributed by atoms with Gasteiger partial charge in [0.05, 0.1) is 19.3 Å². The lowest BCUT2D eigenvalue weighted by Crippen LogP contribution is -2.19. The minimum atomic E-state index is -0.265. The molecule has 4 nitrogen and oxygen atoms in total. The van der Waals surface area contributed by atoms with Gasteiger partial charge in [-0.25, -0.2) is 4.39 Å². The van der Waals surface area contributed by atoms with Gasteiger partial charge in [0.25, 0.3) is 0 Å². The van der Waals surface area contributed by atoms with Gasteiger partial charge in [0, 0.05) is 25.8 Å². The first-order valence-corrected chi connectivity index (χ1v) is 6.86. The van der Waals surface area contributed by atoms with E-state index in [2.05, 4.69) is 5.32 Å². The summed E-state index contributed by atoms with van der Waals surface area (Å²) >= 11 is 0. The van der Waals surface area contributed by atoms with Gasteiger partial charge in [0.15, 0.2) is 0 Å². The van der Waals surface area contributed by atoms with Gasteiger partial charge in [-0.05, 0) is 32.0 Å². The second-order valence-electron chi connectivity index (χ2n) is 4.69. The van der Waals surface area contributed by atoms with Crippen LogP contribution >= 0.6 is 0 Å². The van der Waals surface area contributed by atoms with Crippen LogP contribution in [0.25, 0.3) is 0 Å². The summed E-state index contributed by atoms with van der Waals surface area (Å²) < 4.78 is 29.3. The van der Waals surface area contributed by atoms with E-state index in [1.807, 2.05) is 13.8 Å². The van der Waals surface area contributed by atoms with Crippen LogP contribution in [0.2, 0.25) is 0 Å². The highest BCUT2D eigenvalue weighted by atomic mass is 19.1. The van der Waals surface area contributed by atoms with Crippen molar-refractivity contribution in [3.63, 3.8) is 0 Å². The molecule has 0 heterocycles. The Morgan fingerprint density at radius 1 is 1.20 bits per heavy atom. The Hall–Kier alpha value is -1.17. The Bertz CT molecular complexity index is 385. The van der Waals surface area contributed by atoms with Gasteiger partial charge in [0.2, 0.25) is 0 Å². The van der Waals surface area contributed by atoms with E-state index in [1.165, 1.54) is 12.1 Å². The van der Waals surface area contributed by atoms with Gasteiger partial charge >= 0.3 is 0 Å². The summed E-state index contributed by atoms with van der Waals surface area (Å²) in [5, 5.41) is 3.18. The normalized spacial score (nSPS) is 11.1. The smallest absolute Gasteiger partial charge is 0.124 e. The number of hydrogen-bond acceptors (Lipinski definition) is 4. The van der Waals surface area contributed by atoms with E-state index >= 15 is 0 Å². The number of hydrogen-bond donors (Lipinski definition) is 1. The number of ether oxygens (including phenoxy) is 3. The van der Waals surface area contributed by atoms with Crippen molar-refractivity contribution < 1.29 is 18.6 Å². The first kappa shape index (κ1) is 16.9. The van der Waals surface area contributed by atoms with E-state index in [9.17, 15) is 4.39 Å². The minimum absolute atomic E-state index is 0.182. The lowest BCUT2D eigenvalue weighted by atomic mass is 10.2. The zero-order valence-corrected chi connectivity index (χ0v) is 12.4. The average molecular weight is 285 g/mol. The Labute approximate surface area is 120 Å². The van der Waals surface area contributed by atoms with Gasteiger partial charge in [0.1, 0.15) is 18.2 Å². The third-order valence-electron chi connectivity index (χ3n) is 2.61. The van der Waals surface area contributed by atoms with Crippen LogP contribution in [0.5, 0.6) is 5.75 Å². The zero-order valence-electron chi connectivity index (χ0n) is 12.4. The van der Waals surface area contributed by atoms with Crippen LogP contribution in [0.4, 0.5) is 4.39 Å². The van der Waals surface area contributed by atoms with Crippen molar-refractivity contribution in [2.24, 2.45) is 0 Å². The summed E-state index contributed by atoms with van der Waals surface area (Å²) in [6.45, 7) is 6.80. The number of rotatable bonds is 10. The fourth-order valence-corrected chi connectivity index (χ4v) is 1.66. The van der Waals surface area contributed by atoms with Crippen molar-refractivity contribution in [2.75, 3.05) is 33.5 Å². The molecule has 0 fully saturated rings. The van der Waals surface area contributed by atoms with Crippen molar-refractivity contribution in [3.05, 3.63) is 29.6 Å². The maximum Gasteiger partial charge on any atom is 0.124 e. The van der Waals surface area contributed by atoms with Crippen LogP contribution in [0.15, 0.2) is 18.2 Å². The molecule has 0 aliphatic heterocycles. The third-order valence-corrected chi connectivity index (χ3v) is 2.61. The molecule has 0 radical (unpaired) electrons. The molecule has 1 rings (SSSR count). The molecule has 1 N–H and O–H groups in total. The van der Waals surface area contributed by atoms with Crippen molar-refractivity contribution >= 4 is 0 Å². The van der Waals surface area contributed by atoms with E-state index in [-0.39, 0.29) is 11.9 Å². The molecule has 0 amide bonds. The average Bonchev–Trinajstić information content (AvgIpc) is 2.41. The highest BCUT2D eigenvalue weighted by Gasteiger charge is 2.05. The summed E-state index contributed by atoms with van der Waals surface area (Å²) in [4.78, 5) is 0. The Morgan fingerprint density at radius 3 is 2.70 bits per heavy atom. The Kier molecular flexibility index (Phi) is 8.18. The number of halogens is 1. The monoisotopic (exact) mass is 285 g/mol. The minimum Gasteiger partial charge on any atom is -0.491 e. The molecule has 1 aromatic rings. The molecule has 0 aliphatic rings. The first-order chi connectivity index (χ1) is 9.63. The Balaban J connectivity index is 2.47. The molecule has 0 aromatic heterocycles. The molecular formula is C15H24FNO3. The molecule has 0 saturated heterocycles. The standard InChI is InChI=1S/C15H24FNO3/c1-12(2)19-8-9-20-15-5-4-14(16)10-13(15)11-17-6-7-18-3/h4-5,10,12,17H,6-9,11H2,1-3H3. The topological polar surface area (TPSA) is 39.7 Å². The van der Waals surface area contributed by atoms with Gasteiger partial charge < -0.3 is 19.5 Å². The lowest BCUT2D eigenvalue weighted by molar-refractivity contribution is 0.0550. The molecule has 20 heavy (non-hydrogen) atoms. The highest BCUT2D eigenvalue weighted by molar-refractivity contribution is 5.33. The predicted octanol–water partition coefficient (Wildman–Crippen LogP) is 2.37. The molecule has 0 unspecified atom stereocenters. The van der Waals surface area contributed by atoms with Crippen LogP contribution in [-0.2, 0) is 16.0 Å². The third kappa shape index (κ3) is 6.84. The van der Waals surface area contributed by atoms with E-state index < -0.39 is 0 Å². The molecule has 114 valence electrons. The quantitative estimate of drug-likeness (QED) is 0.670. The fourth-order valence-electron chi connectivity index (χ4n) is 1.66. The van der Waals surface area contributed by atoms with Crippen LogP contribution in [0.1, 0.15) is 19.4 Å². The van der Waals surface area contributed by atoms with Gasteiger partial charge in [-0.2, -0.15) is 0 Å². The molecule has 5 heteroatoms. The van der Waals surface area contributed by atoms with Crippen molar-refractivity contribution in [2.45, 2.75) is 26.5 Å². The van der Waals surface area contributed by atoms with Crippen molar-refractivity contribution in [3.8, 4) is 5.75 Å². The molecule has 0 atom stereocenters. The summed E-state index contributed by atoms with van der Waals surface area (Å²) in [5.41, 5.74) is 0.797. The van der Waals surface area contributed by atoms with Gasteiger partial charge in [-0.3, -0.25) is 0 Å². The molecular weight excluding hydrogens is 261 g/mol. The molecule has 0 spiro atoms. The van der Waals surface area contributed by atoms with Crippen LogP contribution in [0.3, 0.4) is 0 Å². The number of methoxy groups -OCH3 is 1. The van der Waals surface area contributed by atoms with E-state index in [4.69, 9.17) is 14.2 Å². The largest absolute Gasteiger partial charge is 0.491 e. The number of benzene rings is 1. The highest BCUT2D eigenvalue weighted by Crippen LogP contribution is 2.19. The van der Waals surface area contributed by atoms with E-state index in [0.717, 1.165) is 5.56 Å².